The van der Waals surface area contributed by atoms with E-state index in [9.17, 15) is 14.7 Å². The van der Waals surface area contributed by atoms with Gasteiger partial charge >= 0.3 is 0 Å². The zero-order valence-corrected chi connectivity index (χ0v) is 13.7. The van der Waals surface area contributed by atoms with E-state index in [1.165, 1.54) is 10.7 Å². The highest BCUT2D eigenvalue weighted by atomic mass is 16.3. The van der Waals surface area contributed by atoms with E-state index in [-0.39, 0.29) is 36.0 Å². The molecule has 1 aromatic heterocycles. The van der Waals surface area contributed by atoms with Crippen molar-refractivity contribution in [3.63, 3.8) is 0 Å². The lowest BCUT2D eigenvalue weighted by molar-refractivity contribution is 0.0761. The number of carbonyl (C=O) groups excluding carboxylic acids is 2. The number of likely N-dealkylation sites (tertiary alicyclic amines) is 1. The van der Waals surface area contributed by atoms with Crippen LogP contribution in [0.3, 0.4) is 0 Å². The van der Waals surface area contributed by atoms with Gasteiger partial charge in [-0.05, 0) is 24.7 Å². The number of rotatable bonds is 3. The maximum atomic E-state index is 12.7. The minimum absolute atomic E-state index is 0.128. The fraction of sp³-hybridized carbons (Fsp3) is 0.688. The molecule has 0 aliphatic carbocycles. The second kappa shape index (κ2) is 5.96. The van der Waals surface area contributed by atoms with Crippen molar-refractivity contribution in [2.24, 2.45) is 5.41 Å². The monoisotopic (exact) mass is 320 g/mol. The number of nitrogens with zero attached hydrogens (tertiary/aromatic N) is 3. The van der Waals surface area contributed by atoms with E-state index < -0.39 is 6.10 Å². The summed E-state index contributed by atoms with van der Waals surface area (Å²) in [6.07, 6.45) is 2.43. The predicted molar refractivity (Wildman–Crippen MR) is 84.1 cm³/mol. The summed E-state index contributed by atoms with van der Waals surface area (Å²) in [5.74, 6) is -0.428. The highest BCUT2D eigenvalue weighted by Gasteiger charge is 2.38. The average Bonchev–Trinajstić information content (AvgIpc) is 3.14. The van der Waals surface area contributed by atoms with Gasteiger partial charge in [-0.1, -0.05) is 13.8 Å². The molecular formula is C16H24N4O3. The van der Waals surface area contributed by atoms with Crippen molar-refractivity contribution in [1.29, 1.82) is 0 Å². The third-order valence-corrected chi connectivity index (χ3v) is 5.34. The first kappa shape index (κ1) is 16.0. The van der Waals surface area contributed by atoms with Gasteiger partial charge in [-0.3, -0.25) is 14.3 Å². The fourth-order valence-electron chi connectivity index (χ4n) is 3.51. The highest BCUT2D eigenvalue weighted by molar-refractivity contribution is 5.98. The molecular weight excluding hydrogens is 296 g/mol. The molecule has 3 heterocycles. The van der Waals surface area contributed by atoms with Gasteiger partial charge in [0.15, 0.2) is 5.69 Å². The van der Waals surface area contributed by atoms with E-state index in [1.807, 2.05) is 4.90 Å². The normalized spacial score (nSPS) is 23.3. The second-order valence-corrected chi connectivity index (χ2v) is 6.64. The van der Waals surface area contributed by atoms with Gasteiger partial charge in [-0.15, -0.1) is 0 Å². The van der Waals surface area contributed by atoms with E-state index in [1.54, 1.807) is 0 Å². The van der Waals surface area contributed by atoms with Crippen LogP contribution in [0, 0.1) is 5.41 Å². The summed E-state index contributed by atoms with van der Waals surface area (Å²) in [7, 11) is 0. The van der Waals surface area contributed by atoms with Crippen LogP contribution < -0.4 is 5.32 Å². The first-order valence-corrected chi connectivity index (χ1v) is 8.31. The summed E-state index contributed by atoms with van der Waals surface area (Å²) < 4.78 is 1.43. The van der Waals surface area contributed by atoms with Crippen LogP contribution >= 0.6 is 0 Å². The molecule has 2 amide bonds. The number of nitrogens with one attached hydrogen (secondary N) is 1. The van der Waals surface area contributed by atoms with Crippen molar-refractivity contribution in [3.8, 4) is 0 Å². The molecule has 1 fully saturated rings. The quantitative estimate of drug-likeness (QED) is 0.855. The number of carbonyl (C=O) groups is 2. The zero-order valence-electron chi connectivity index (χ0n) is 13.7. The molecule has 2 N–H and O–H groups in total. The van der Waals surface area contributed by atoms with Crippen LogP contribution in [0.4, 0.5) is 0 Å². The van der Waals surface area contributed by atoms with Gasteiger partial charge in [0.1, 0.15) is 5.69 Å². The van der Waals surface area contributed by atoms with Crippen molar-refractivity contribution in [1.82, 2.24) is 20.0 Å². The van der Waals surface area contributed by atoms with E-state index in [2.05, 4.69) is 24.3 Å². The number of aliphatic hydroxyl groups excluding tert-OH is 1. The molecule has 0 bridgehead atoms. The molecule has 7 nitrogen and oxygen atoms in total. The molecule has 0 radical (unpaired) electrons. The van der Waals surface area contributed by atoms with Gasteiger partial charge in [0, 0.05) is 25.7 Å². The van der Waals surface area contributed by atoms with E-state index in [0.717, 1.165) is 32.4 Å². The van der Waals surface area contributed by atoms with Gasteiger partial charge in [0.05, 0.1) is 12.6 Å². The minimum atomic E-state index is -0.692. The fourth-order valence-corrected chi connectivity index (χ4v) is 3.51. The molecule has 1 aromatic rings. The Morgan fingerprint density at radius 2 is 2.22 bits per heavy atom. The molecule has 1 saturated heterocycles. The number of hydrogen-bond acceptors (Lipinski definition) is 4. The van der Waals surface area contributed by atoms with Crippen LogP contribution in [0.2, 0.25) is 0 Å². The molecule has 3 rings (SSSR count). The van der Waals surface area contributed by atoms with Crippen molar-refractivity contribution < 1.29 is 14.7 Å². The van der Waals surface area contributed by atoms with Gasteiger partial charge in [-0.2, -0.15) is 5.10 Å². The van der Waals surface area contributed by atoms with Crippen molar-refractivity contribution in [2.75, 3.05) is 19.6 Å². The molecule has 0 saturated carbocycles. The summed E-state index contributed by atoms with van der Waals surface area (Å²) in [4.78, 5) is 26.5. The number of fused-ring (bicyclic) bond motifs is 1. The highest BCUT2D eigenvalue weighted by Crippen LogP contribution is 2.37. The minimum Gasteiger partial charge on any atom is -0.389 e. The van der Waals surface area contributed by atoms with E-state index in [4.69, 9.17) is 0 Å². The average molecular weight is 320 g/mol. The third-order valence-electron chi connectivity index (χ3n) is 5.34. The summed E-state index contributed by atoms with van der Waals surface area (Å²) in [5, 5.41) is 16.7. The molecule has 2 aliphatic heterocycles. The third kappa shape index (κ3) is 2.85. The van der Waals surface area contributed by atoms with Gasteiger partial charge in [0.2, 0.25) is 0 Å². The Balaban J connectivity index is 1.81. The van der Waals surface area contributed by atoms with Crippen molar-refractivity contribution in [3.05, 3.63) is 17.5 Å². The molecule has 7 heteroatoms. The first-order chi connectivity index (χ1) is 11.0. The number of amides is 2. The summed E-state index contributed by atoms with van der Waals surface area (Å²) in [5.41, 5.74) is 0.827. The van der Waals surface area contributed by atoms with Crippen LogP contribution in [0.15, 0.2) is 6.07 Å². The maximum Gasteiger partial charge on any atom is 0.274 e. The summed E-state index contributed by atoms with van der Waals surface area (Å²) >= 11 is 0. The molecule has 23 heavy (non-hydrogen) atoms. The topological polar surface area (TPSA) is 87.5 Å². The van der Waals surface area contributed by atoms with Crippen molar-refractivity contribution in [2.45, 2.75) is 45.8 Å². The Morgan fingerprint density at radius 1 is 1.48 bits per heavy atom. The van der Waals surface area contributed by atoms with Gasteiger partial charge in [-0.25, -0.2) is 0 Å². The zero-order chi connectivity index (χ0) is 16.6. The largest absolute Gasteiger partial charge is 0.389 e. The summed E-state index contributed by atoms with van der Waals surface area (Å²) in [6.45, 7) is 6.24. The lowest BCUT2D eigenvalue weighted by atomic mass is 9.82. The lowest BCUT2D eigenvalue weighted by Gasteiger charge is -2.26. The van der Waals surface area contributed by atoms with Gasteiger partial charge in [0.25, 0.3) is 11.8 Å². The molecule has 0 spiro atoms. The number of hydrogen-bond donors (Lipinski definition) is 2. The number of aromatic nitrogens is 2. The SMILES string of the molecule is CCC1(CC)CCN(C(=O)c2cc3n(n2)CC(O)CNC3=O)C1. The first-order valence-electron chi connectivity index (χ1n) is 8.31. The lowest BCUT2D eigenvalue weighted by Crippen LogP contribution is -2.32. The number of β-amino-alcohol motifs (C(OH)–C–C–N with tert-alkyl or cyclic N) is 1. The van der Waals surface area contributed by atoms with E-state index in [0.29, 0.717) is 5.69 Å². The maximum absolute atomic E-state index is 12.7. The summed E-state index contributed by atoms with van der Waals surface area (Å²) in [6, 6.07) is 1.54. The molecule has 1 atom stereocenters. The second-order valence-electron chi connectivity index (χ2n) is 6.64. The predicted octanol–water partition coefficient (Wildman–Crippen LogP) is 0.640. The molecule has 126 valence electrons. The van der Waals surface area contributed by atoms with Crippen LogP contribution in [-0.2, 0) is 6.54 Å². The van der Waals surface area contributed by atoms with Crippen molar-refractivity contribution >= 4 is 11.8 Å². The number of aliphatic hydroxyl groups is 1. The Kier molecular flexibility index (Phi) is 4.14. The Bertz CT molecular complexity index is 621. The Labute approximate surface area is 135 Å². The smallest absolute Gasteiger partial charge is 0.274 e. The van der Waals surface area contributed by atoms with Crippen LogP contribution in [0.1, 0.15) is 54.1 Å². The molecule has 2 aliphatic rings. The molecule has 1 unspecified atom stereocenters. The standard InChI is InChI=1S/C16H24N4O3/c1-3-16(4-2)5-6-19(10-16)15(23)12-7-13-14(22)17-8-11(21)9-20(13)18-12/h7,11,21H,3-6,8-10H2,1-2H3,(H,17,22). The van der Waals surface area contributed by atoms with Crippen LogP contribution in [-0.4, -0.2) is 57.3 Å². The van der Waals surface area contributed by atoms with Crippen LogP contribution in [0.25, 0.3) is 0 Å². The Hall–Kier alpha value is -1.89. The van der Waals surface area contributed by atoms with E-state index >= 15 is 0 Å². The Morgan fingerprint density at radius 3 is 2.87 bits per heavy atom. The van der Waals surface area contributed by atoms with Crippen LogP contribution in [0.5, 0.6) is 0 Å². The van der Waals surface area contributed by atoms with Gasteiger partial charge < -0.3 is 15.3 Å². The molecule has 0 aromatic carbocycles.